The minimum absolute atomic E-state index is 0.0235. The number of hydrogen-bond acceptors (Lipinski definition) is 6. The van der Waals surface area contributed by atoms with Crippen molar-refractivity contribution in [2.24, 2.45) is 0 Å². The normalized spacial score (nSPS) is 22.3. The summed E-state index contributed by atoms with van der Waals surface area (Å²) in [6.07, 6.45) is 4.00. The number of nitrogens with one attached hydrogen (secondary N) is 3. The van der Waals surface area contributed by atoms with Crippen LogP contribution in [0.5, 0.6) is 0 Å². The fourth-order valence-corrected chi connectivity index (χ4v) is 4.36. The van der Waals surface area contributed by atoms with Crippen molar-refractivity contribution in [2.45, 2.75) is 50.6 Å². The van der Waals surface area contributed by atoms with Gasteiger partial charge in [-0.2, -0.15) is 0 Å². The lowest BCUT2D eigenvalue weighted by Crippen LogP contribution is -2.63. The number of aromatic nitrogens is 2. The standard InChI is InChI=1S/C21H27N5O4/c1-13-3-2-4-15(9-13)20(28)22-10-18(27)23-16-11-26(12-16)17-7-5-14(6-8-17)19-24-21(29)30-25-19/h2-4,9,14,16-17H,5-8,10-12H2,1H3,(H,22,28)(H,23,27)(H,24,25,29)/t14-,17+. The number of hydrogen-bond donors (Lipinski definition) is 3. The first-order chi connectivity index (χ1) is 14.5. The van der Waals surface area contributed by atoms with Crippen molar-refractivity contribution in [1.29, 1.82) is 0 Å². The Kier molecular flexibility index (Phi) is 5.98. The number of aromatic amines is 1. The van der Waals surface area contributed by atoms with Crippen LogP contribution in [-0.2, 0) is 4.79 Å². The molecule has 30 heavy (non-hydrogen) atoms. The third-order valence-electron chi connectivity index (χ3n) is 6.02. The smallest absolute Gasteiger partial charge is 0.349 e. The van der Waals surface area contributed by atoms with E-state index in [1.165, 1.54) is 0 Å². The van der Waals surface area contributed by atoms with E-state index < -0.39 is 5.76 Å². The Balaban J connectivity index is 1.14. The third kappa shape index (κ3) is 4.79. The molecule has 1 aromatic carbocycles. The first-order valence-corrected chi connectivity index (χ1v) is 10.4. The van der Waals surface area contributed by atoms with E-state index >= 15 is 0 Å². The monoisotopic (exact) mass is 413 g/mol. The molecule has 4 rings (SSSR count). The molecule has 9 heteroatoms. The second-order valence-corrected chi connectivity index (χ2v) is 8.26. The maximum atomic E-state index is 12.1. The van der Waals surface area contributed by atoms with E-state index in [9.17, 15) is 14.4 Å². The van der Waals surface area contributed by atoms with Crippen LogP contribution in [0.4, 0.5) is 0 Å². The lowest BCUT2D eigenvalue weighted by molar-refractivity contribution is -0.122. The van der Waals surface area contributed by atoms with Gasteiger partial charge in [0.05, 0.1) is 12.6 Å². The van der Waals surface area contributed by atoms with E-state index in [0.717, 1.165) is 44.3 Å². The van der Waals surface area contributed by atoms with Gasteiger partial charge in [-0.25, -0.2) is 4.79 Å². The molecule has 9 nitrogen and oxygen atoms in total. The van der Waals surface area contributed by atoms with Crippen LogP contribution in [-0.4, -0.2) is 58.6 Å². The first kappa shape index (κ1) is 20.3. The number of carbonyl (C=O) groups is 2. The molecule has 2 aromatic rings. The van der Waals surface area contributed by atoms with Gasteiger partial charge in [0.15, 0.2) is 5.82 Å². The number of rotatable bonds is 6. The molecule has 1 saturated heterocycles. The molecule has 160 valence electrons. The number of nitrogens with zero attached hydrogens (tertiary/aromatic N) is 2. The zero-order valence-corrected chi connectivity index (χ0v) is 17.0. The lowest BCUT2D eigenvalue weighted by Gasteiger charge is -2.46. The van der Waals surface area contributed by atoms with Crippen molar-refractivity contribution in [2.75, 3.05) is 19.6 Å². The van der Waals surface area contributed by atoms with Gasteiger partial charge in [-0.1, -0.05) is 22.9 Å². The molecule has 1 aliphatic heterocycles. The second kappa shape index (κ2) is 8.83. The van der Waals surface area contributed by atoms with Crippen molar-refractivity contribution < 1.29 is 14.1 Å². The zero-order valence-electron chi connectivity index (χ0n) is 17.0. The molecule has 2 amide bonds. The molecule has 0 atom stereocenters. The summed E-state index contributed by atoms with van der Waals surface area (Å²) in [5, 5.41) is 9.46. The first-order valence-electron chi connectivity index (χ1n) is 10.4. The van der Waals surface area contributed by atoms with Gasteiger partial charge in [0, 0.05) is 30.6 Å². The third-order valence-corrected chi connectivity index (χ3v) is 6.02. The summed E-state index contributed by atoms with van der Waals surface area (Å²) in [6, 6.07) is 7.90. The van der Waals surface area contributed by atoms with E-state index in [2.05, 4.69) is 30.2 Å². The van der Waals surface area contributed by atoms with Gasteiger partial charge in [0.1, 0.15) is 0 Å². The van der Waals surface area contributed by atoms with Crippen LogP contribution < -0.4 is 16.4 Å². The minimum Gasteiger partial charge on any atom is -0.349 e. The predicted octanol–water partition coefficient (Wildman–Crippen LogP) is 0.928. The van der Waals surface area contributed by atoms with Crippen LogP contribution in [0.3, 0.4) is 0 Å². The summed E-state index contributed by atoms with van der Waals surface area (Å²) in [5.74, 6) is -0.00132. The molecular formula is C21H27N5O4. The van der Waals surface area contributed by atoms with Gasteiger partial charge < -0.3 is 10.6 Å². The molecule has 3 N–H and O–H groups in total. The van der Waals surface area contributed by atoms with Crippen LogP contribution in [0.15, 0.2) is 33.6 Å². The van der Waals surface area contributed by atoms with E-state index in [0.29, 0.717) is 17.4 Å². The largest absolute Gasteiger partial charge is 0.438 e. The number of aryl methyl sites for hydroxylation is 1. The average Bonchev–Trinajstić information content (AvgIpc) is 3.15. The number of benzene rings is 1. The predicted molar refractivity (Wildman–Crippen MR) is 109 cm³/mol. The number of carbonyl (C=O) groups excluding carboxylic acids is 2. The van der Waals surface area contributed by atoms with Gasteiger partial charge in [0.2, 0.25) is 5.91 Å². The lowest BCUT2D eigenvalue weighted by atomic mass is 9.83. The van der Waals surface area contributed by atoms with E-state index in [1.807, 2.05) is 19.1 Å². The maximum absolute atomic E-state index is 12.1. The van der Waals surface area contributed by atoms with Crippen molar-refractivity contribution >= 4 is 11.8 Å². The maximum Gasteiger partial charge on any atom is 0.438 e. The average molecular weight is 413 g/mol. The van der Waals surface area contributed by atoms with Gasteiger partial charge in [-0.15, -0.1) is 0 Å². The molecule has 1 aromatic heterocycles. The van der Waals surface area contributed by atoms with Crippen LogP contribution in [0.2, 0.25) is 0 Å². The van der Waals surface area contributed by atoms with Crippen LogP contribution in [0, 0.1) is 6.92 Å². The number of amides is 2. The van der Waals surface area contributed by atoms with E-state index in [4.69, 9.17) is 0 Å². The summed E-state index contributed by atoms with van der Waals surface area (Å²) in [5.41, 5.74) is 1.56. The van der Waals surface area contributed by atoms with Crippen LogP contribution in [0.1, 0.15) is 53.3 Å². The Morgan fingerprint density at radius 1 is 1.23 bits per heavy atom. The molecule has 0 spiro atoms. The van der Waals surface area contributed by atoms with Crippen molar-refractivity contribution in [3.8, 4) is 0 Å². The summed E-state index contributed by atoms with van der Waals surface area (Å²) >= 11 is 0. The molecule has 2 fully saturated rings. The van der Waals surface area contributed by atoms with Gasteiger partial charge in [0.25, 0.3) is 5.91 Å². The van der Waals surface area contributed by atoms with Crippen LogP contribution >= 0.6 is 0 Å². The van der Waals surface area contributed by atoms with Gasteiger partial charge in [-0.05, 0) is 44.7 Å². The molecule has 1 aliphatic carbocycles. The number of H-pyrrole nitrogens is 1. The summed E-state index contributed by atoms with van der Waals surface area (Å²) in [7, 11) is 0. The zero-order chi connectivity index (χ0) is 21.1. The highest BCUT2D eigenvalue weighted by Gasteiger charge is 2.36. The Hall–Kier alpha value is -2.94. The van der Waals surface area contributed by atoms with E-state index in [-0.39, 0.29) is 30.3 Å². The molecule has 0 radical (unpaired) electrons. The molecule has 2 heterocycles. The molecule has 0 bridgehead atoms. The molecule has 0 unspecified atom stereocenters. The summed E-state index contributed by atoms with van der Waals surface area (Å²) in [6.45, 7) is 3.55. The second-order valence-electron chi connectivity index (χ2n) is 8.26. The quantitative estimate of drug-likeness (QED) is 0.648. The van der Waals surface area contributed by atoms with Gasteiger partial charge >= 0.3 is 5.76 Å². The highest BCUT2D eigenvalue weighted by atomic mass is 16.5. The fraction of sp³-hybridized carbons (Fsp3) is 0.524. The fourth-order valence-electron chi connectivity index (χ4n) is 4.36. The van der Waals surface area contributed by atoms with E-state index in [1.54, 1.807) is 12.1 Å². The highest BCUT2D eigenvalue weighted by Crippen LogP contribution is 2.34. The highest BCUT2D eigenvalue weighted by molar-refractivity contribution is 5.96. The Morgan fingerprint density at radius 2 is 2.00 bits per heavy atom. The Labute approximate surface area is 174 Å². The van der Waals surface area contributed by atoms with Crippen molar-refractivity contribution in [3.05, 3.63) is 51.8 Å². The summed E-state index contributed by atoms with van der Waals surface area (Å²) in [4.78, 5) is 40.4. The van der Waals surface area contributed by atoms with Crippen molar-refractivity contribution in [1.82, 2.24) is 25.7 Å². The Morgan fingerprint density at radius 3 is 2.67 bits per heavy atom. The van der Waals surface area contributed by atoms with Crippen molar-refractivity contribution in [3.63, 3.8) is 0 Å². The molecular weight excluding hydrogens is 386 g/mol. The Bertz CT molecular complexity index is 954. The minimum atomic E-state index is -0.497. The molecule has 1 saturated carbocycles. The van der Waals surface area contributed by atoms with Crippen LogP contribution in [0.25, 0.3) is 0 Å². The molecule has 2 aliphatic rings. The number of likely N-dealkylation sites (tertiary alicyclic amines) is 1. The SMILES string of the molecule is Cc1cccc(C(=O)NCC(=O)NC2CN([C@H]3CC[C@@H](c4noc(=O)[nH]4)CC3)C2)c1. The van der Waals surface area contributed by atoms with Gasteiger partial charge in [-0.3, -0.25) is 24.0 Å². The topological polar surface area (TPSA) is 120 Å². The summed E-state index contributed by atoms with van der Waals surface area (Å²) < 4.78 is 4.60.